The van der Waals surface area contributed by atoms with E-state index in [1.807, 2.05) is 17.0 Å². The maximum Gasteiger partial charge on any atom is 0.256 e. The number of benzene rings is 1. The number of methoxy groups -OCH3 is 1. The standard InChI is InChI=1S/C19H22FN7OS/c1-28-19(29)25-11-15(23)12-27(24)16-2-3-18(17(20)8-16)26-6-4-13(5-7-26)14(9-21)10-22/h2-3,8,12H,4-7,11,23-24H2,1H3,(H,25,29)/b15-12-. The summed E-state index contributed by atoms with van der Waals surface area (Å²) in [5.41, 5.74) is 8.10. The molecule has 1 aromatic carbocycles. The van der Waals surface area contributed by atoms with Gasteiger partial charge in [-0.2, -0.15) is 10.5 Å². The molecule has 0 aromatic heterocycles. The van der Waals surface area contributed by atoms with Gasteiger partial charge in [-0.25, -0.2) is 10.2 Å². The van der Waals surface area contributed by atoms with Crippen LogP contribution in [0.5, 0.6) is 0 Å². The molecule has 1 fully saturated rings. The number of anilines is 2. The lowest BCUT2D eigenvalue weighted by Crippen LogP contribution is -2.32. The van der Waals surface area contributed by atoms with Gasteiger partial charge in [0.15, 0.2) is 0 Å². The van der Waals surface area contributed by atoms with Crippen LogP contribution in [0, 0.1) is 28.5 Å². The van der Waals surface area contributed by atoms with Crippen molar-refractivity contribution < 1.29 is 9.13 Å². The molecule has 0 unspecified atom stereocenters. The molecule has 1 saturated heterocycles. The first kappa shape index (κ1) is 22.0. The first-order valence-corrected chi connectivity index (χ1v) is 9.19. The third-order valence-corrected chi connectivity index (χ3v) is 4.75. The van der Waals surface area contributed by atoms with Crippen LogP contribution < -0.4 is 26.8 Å². The number of piperidine rings is 1. The number of hydrogen-bond donors (Lipinski definition) is 3. The molecule has 1 heterocycles. The van der Waals surface area contributed by atoms with Crippen LogP contribution in [0.1, 0.15) is 12.8 Å². The molecule has 1 aliphatic heterocycles. The quantitative estimate of drug-likeness (QED) is 0.285. The molecule has 1 aliphatic rings. The van der Waals surface area contributed by atoms with Crippen molar-refractivity contribution in [1.82, 2.24) is 5.32 Å². The van der Waals surface area contributed by atoms with Gasteiger partial charge in [0.25, 0.3) is 5.17 Å². The zero-order valence-corrected chi connectivity index (χ0v) is 16.8. The molecule has 0 radical (unpaired) electrons. The Hall–Kier alpha value is -3.34. The van der Waals surface area contributed by atoms with E-state index in [9.17, 15) is 4.39 Å². The minimum Gasteiger partial charge on any atom is -0.474 e. The number of rotatable bonds is 5. The van der Waals surface area contributed by atoms with Gasteiger partial charge in [0.05, 0.1) is 25.0 Å². The van der Waals surface area contributed by atoms with Gasteiger partial charge in [0, 0.05) is 31.1 Å². The Bertz CT molecular complexity index is 890. The summed E-state index contributed by atoms with van der Waals surface area (Å²) in [7, 11) is 1.44. The largest absolute Gasteiger partial charge is 0.474 e. The van der Waals surface area contributed by atoms with E-state index in [1.165, 1.54) is 24.4 Å². The number of hydrazine groups is 1. The van der Waals surface area contributed by atoms with Gasteiger partial charge >= 0.3 is 0 Å². The molecule has 1 aromatic rings. The molecule has 8 nitrogen and oxygen atoms in total. The highest BCUT2D eigenvalue weighted by Crippen LogP contribution is 2.29. The number of halogens is 1. The molecule has 0 amide bonds. The van der Waals surface area contributed by atoms with E-state index in [2.05, 4.69) is 5.32 Å². The van der Waals surface area contributed by atoms with Crippen LogP contribution in [-0.4, -0.2) is 31.9 Å². The van der Waals surface area contributed by atoms with Crippen molar-refractivity contribution in [1.29, 1.82) is 10.5 Å². The van der Waals surface area contributed by atoms with Crippen LogP contribution in [0.4, 0.5) is 15.8 Å². The number of nitrogens with zero attached hydrogens (tertiary/aromatic N) is 4. The number of nitrogens with one attached hydrogen (secondary N) is 1. The summed E-state index contributed by atoms with van der Waals surface area (Å²) in [5.74, 6) is 5.53. The summed E-state index contributed by atoms with van der Waals surface area (Å²) < 4.78 is 19.5. The number of nitrogens with two attached hydrogens (primary N) is 2. The second-order valence-corrected chi connectivity index (χ2v) is 6.65. The predicted octanol–water partition coefficient (Wildman–Crippen LogP) is 1.77. The van der Waals surface area contributed by atoms with Crippen molar-refractivity contribution >= 4 is 28.8 Å². The topological polar surface area (TPSA) is 127 Å². The Balaban J connectivity index is 2.06. The van der Waals surface area contributed by atoms with Crippen LogP contribution in [0.2, 0.25) is 0 Å². The van der Waals surface area contributed by atoms with Gasteiger partial charge in [-0.3, -0.25) is 5.01 Å². The van der Waals surface area contributed by atoms with Gasteiger partial charge in [-0.1, -0.05) is 0 Å². The molecule has 10 heteroatoms. The van der Waals surface area contributed by atoms with Gasteiger partial charge in [0.2, 0.25) is 0 Å². The Morgan fingerprint density at radius 3 is 2.59 bits per heavy atom. The van der Waals surface area contributed by atoms with E-state index < -0.39 is 5.82 Å². The summed E-state index contributed by atoms with van der Waals surface area (Å²) in [5, 5.41) is 22.2. The Morgan fingerprint density at radius 1 is 1.38 bits per heavy atom. The number of nitriles is 2. The van der Waals surface area contributed by atoms with Crippen LogP contribution in [0.15, 0.2) is 41.2 Å². The fraction of sp³-hybridized carbons (Fsp3) is 0.316. The minimum absolute atomic E-state index is 0.157. The first-order chi connectivity index (χ1) is 13.9. The summed E-state index contributed by atoms with van der Waals surface area (Å²) >= 11 is 4.86. The van der Waals surface area contributed by atoms with Crippen LogP contribution in [0.25, 0.3) is 0 Å². The van der Waals surface area contributed by atoms with E-state index in [0.29, 0.717) is 43.0 Å². The second kappa shape index (κ2) is 10.3. The van der Waals surface area contributed by atoms with Crippen molar-refractivity contribution in [2.75, 3.05) is 36.7 Å². The lowest BCUT2D eigenvalue weighted by Gasteiger charge is -2.31. The fourth-order valence-corrected chi connectivity index (χ4v) is 2.98. The van der Waals surface area contributed by atoms with Crippen LogP contribution in [0.3, 0.4) is 0 Å². The molecular weight excluding hydrogens is 393 g/mol. The van der Waals surface area contributed by atoms with Crippen molar-refractivity contribution in [2.24, 2.45) is 11.6 Å². The molecule has 5 N–H and O–H groups in total. The third-order valence-electron chi connectivity index (χ3n) is 4.44. The zero-order chi connectivity index (χ0) is 21.4. The minimum atomic E-state index is -0.420. The third kappa shape index (κ3) is 5.82. The summed E-state index contributed by atoms with van der Waals surface area (Å²) in [6.07, 6.45) is 2.57. The Morgan fingerprint density at radius 2 is 2.03 bits per heavy atom. The van der Waals surface area contributed by atoms with Crippen LogP contribution >= 0.6 is 12.2 Å². The zero-order valence-electron chi connectivity index (χ0n) is 16.0. The molecule has 0 bridgehead atoms. The average Bonchev–Trinajstić information content (AvgIpc) is 2.73. The molecule has 29 heavy (non-hydrogen) atoms. The lowest BCUT2D eigenvalue weighted by atomic mass is 9.98. The van der Waals surface area contributed by atoms with Crippen LogP contribution in [-0.2, 0) is 4.74 Å². The maximum atomic E-state index is 14.7. The van der Waals surface area contributed by atoms with Gasteiger partial charge in [-0.05, 0) is 42.8 Å². The van der Waals surface area contributed by atoms with Gasteiger partial charge < -0.3 is 20.7 Å². The van der Waals surface area contributed by atoms with Crippen molar-refractivity contribution in [2.45, 2.75) is 12.8 Å². The second-order valence-electron chi connectivity index (χ2n) is 6.28. The molecule has 0 atom stereocenters. The molecule has 0 spiro atoms. The maximum absolute atomic E-state index is 14.7. The molecule has 0 aliphatic carbocycles. The lowest BCUT2D eigenvalue weighted by molar-refractivity contribution is 0.395. The molecular formula is C19H22FN7OS. The van der Waals surface area contributed by atoms with Crippen molar-refractivity contribution in [3.63, 3.8) is 0 Å². The van der Waals surface area contributed by atoms with E-state index in [1.54, 1.807) is 12.1 Å². The molecule has 2 rings (SSSR count). The summed E-state index contributed by atoms with van der Waals surface area (Å²) in [4.78, 5) is 1.88. The number of allylic oxidation sites excluding steroid dienone is 1. The first-order valence-electron chi connectivity index (χ1n) is 8.78. The predicted molar refractivity (Wildman–Crippen MR) is 113 cm³/mol. The highest BCUT2D eigenvalue weighted by molar-refractivity contribution is 7.80. The normalized spacial score (nSPS) is 13.9. The van der Waals surface area contributed by atoms with Gasteiger partial charge in [-0.15, -0.1) is 0 Å². The average molecular weight is 415 g/mol. The number of hydrogen-bond acceptors (Lipinski definition) is 8. The summed E-state index contributed by atoms with van der Waals surface area (Å²) in [6.45, 7) is 1.30. The smallest absolute Gasteiger partial charge is 0.256 e. The Kier molecular flexibility index (Phi) is 7.78. The summed E-state index contributed by atoms with van der Waals surface area (Å²) in [6, 6.07) is 8.50. The Labute approximate surface area is 174 Å². The molecule has 152 valence electrons. The van der Waals surface area contributed by atoms with E-state index in [0.717, 1.165) is 5.57 Å². The van der Waals surface area contributed by atoms with Gasteiger partial charge in [0.1, 0.15) is 23.5 Å². The monoisotopic (exact) mass is 415 g/mol. The fourth-order valence-electron chi connectivity index (χ4n) is 2.91. The molecule has 0 saturated carbocycles. The van der Waals surface area contributed by atoms with Crippen molar-refractivity contribution in [3.05, 3.63) is 47.1 Å². The SMILES string of the molecule is COC(=S)NC/C(N)=C/N(N)c1ccc(N2CCC(=C(C#N)C#N)CC2)c(F)c1. The number of ether oxygens (including phenoxy) is 1. The highest BCUT2D eigenvalue weighted by Gasteiger charge is 2.20. The van der Waals surface area contributed by atoms with E-state index in [4.69, 9.17) is 39.1 Å². The number of thiocarbonyl (C=S) groups is 1. The highest BCUT2D eigenvalue weighted by atomic mass is 32.1. The van der Waals surface area contributed by atoms with E-state index >= 15 is 0 Å². The van der Waals surface area contributed by atoms with Crippen molar-refractivity contribution in [3.8, 4) is 12.1 Å². The van der Waals surface area contributed by atoms with E-state index in [-0.39, 0.29) is 17.3 Å².